The van der Waals surface area contributed by atoms with Gasteiger partial charge in [-0.3, -0.25) is 9.69 Å². The van der Waals surface area contributed by atoms with Crippen molar-refractivity contribution in [2.75, 3.05) is 32.8 Å². The maximum Gasteiger partial charge on any atom is 0.244 e. The Morgan fingerprint density at radius 2 is 1.83 bits per heavy atom. The lowest BCUT2D eigenvalue weighted by molar-refractivity contribution is -0.134. The third-order valence-electron chi connectivity index (χ3n) is 5.01. The Hall–Kier alpha value is -1.71. The van der Waals surface area contributed by atoms with Crippen molar-refractivity contribution in [3.8, 4) is 0 Å². The van der Waals surface area contributed by atoms with Crippen molar-refractivity contribution in [1.29, 1.82) is 0 Å². The lowest BCUT2D eigenvalue weighted by atomic mass is 10.0. The smallest absolute Gasteiger partial charge is 0.244 e. The molecule has 1 fully saturated rings. The second kappa shape index (κ2) is 12.2. The van der Waals surface area contributed by atoms with Crippen molar-refractivity contribution in [3.05, 3.63) is 47.1 Å². The van der Waals surface area contributed by atoms with Crippen molar-refractivity contribution in [2.24, 2.45) is 5.73 Å². The second-order valence-corrected chi connectivity index (χ2v) is 7.13. The molecule has 2 atom stereocenters. The van der Waals surface area contributed by atoms with Crippen LogP contribution < -0.4 is 5.73 Å². The predicted molar refractivity (Wildman–Crippen MR) is 119 cm³/mol. The van der Waals surface area contributed by atoms with Gasteiger partial charge in [0, 0.05) is 32.8 Å². The van der Waals surface area contributed by atoms with Gasteiger partial charge in [-0.15, -0.1) is 24.8 Å². The SMILES string of the molecule is CCOC(C)c1noc(CN2CCN(C(=O)C(N)c3ccc(C)cc3)CC2)n1.Cl.Cl. The van der Waals surface area contributed by atoms with Gasteiger partial charge in [-0.2, -0.15) is 4.98 Å². The summed E-state index contributed by atoms with van der Waals surface area (Å²) in [6.07, 6.45) is -0.180. The van der Waals surface area contributed by atoms with E-state index in [9.17, 15) is 4.79 Å². The Morgan fingerprint density at radius 3 is 2.43 bits per heavy atom. The minimum absolute atomic E-state index is 0. The Kier molecular flexibility index (Phi) is 10.7. The molecule has 1 saturated heterocycles. The summed E-state index contributed by atoms with van der Waals surface area (Å²) in [4.78, 5) is 21.2. The number of carbonyl (C=O) groups is 1. The maximum atomic E-state index is 12.7. The van der Waals surface area contributed by atoms with Gasteiger partial charge in [0.1, 0.15) is 12.1 Å². The standard InChI is InChI=1S/C20H29N5O3.2ClH/c1-4-27-15(3)19-22-17(28-23-19)13-24-9-11-25(12-10-24)20(26)18(21)16-7-5-14(2)6-8-16;;/h5-8,15,18H,4,9-13,21H2,1-3H3;2*1H. The molecule has 0 radical (unpaired) electrons. The van der Waals surface area contributed by atoms with Crippen molar-refractivity contribution >= 4 is 30.7 Å². The number of piperazine rings is 1. The number of rotatable bonds is 7. The van der Waals surface area contributed by atoms with E-state index in [1.54, 1.807) is 0 Å². The van der Waals surface area contributed by atoms with E-state index in [0.717, 1.165) is 24.2 Å². The number of nitrogens with two attached hydrogens (primary N) is 1. The van der Waals surface area contributed by atoms with Crippen molar-refractivity contribution in [1.82, 2.24) is 19.9 Å². The average molecular weight is 460 g/mol. The largest absolute Gasteiger partial charge is 0.371 e. The summed E-state index contributed by atoms with van der Waals surface area (Å²) in [5.74, 6) is 1.10. The van der Waals surface area contributed by atoms with Crippen LogP contribution in [-0.2, 0) is 16.1 Å². The fourth-order valence-electron chi connectivity index (χ4n) is 3.25. The Balaban J connectivity index is 0.00000225. The molecule has 30 heavy (non-hydrogen) atoms. The fourth-order valence-corrected chi connectivity index (χ4v) is 3.25. The van der Waals surface area contributed by atoms with Gasteiger partial charge in [0.05, 0.1) is 6.54 Å². The molecule has 1 aromatic heterocycles. The van der Waals surface area contributed by atoms with Crippen LogP contribution in [0.25, 0.3) is 0 Å². The lowest BCUT2D eigenvalue weighted by Gasteiger charge is -2.35. The van der Waals surface area contributed by atoms with Gasteiger partial charge in [-0.05, 0) is 26.3 Å². The molecule has 168 valence electrons. The minimum atomic E-state index is -0.620. The van der Waals surface area contributed by atoms with Crippen LogP contribution in [0.3, 0.4) is 0 Å². The summed E-state index contributed by atoms with van der Waals surface area (Å²) in [6, 6.07) is 7.18. The number of aryl methyl sites for hydroxylation is 1. The highest BCUT2D eigenvalue weighted by Crippen LogP contribution is 2.17. The molecule has 0 aliphatic carbocycles. The number of benzene rings is 1. The number of nitrogens with zero attached hydrogens (tertiary/aromatic N) is 4. The molecule has 8 nitrogen and oxygen atoms in total. The quantitative estimate of drug-likeness (QED) is 0.679. The molecule has 1 amide bonds. The van der Waals surface area contributed by atoms with E-state index in [1.807, 2.05) is 49.9 Å². The molecule has 3 rings (SSSR count). The summed E-state index contributed by atoms with van der Waals surface area (Å²) >= 11 is 0. The van der Waals surface area contributed by atoms with Gasteiger partial charge in [0.15, 0.2) is 5.82 Å². The van der Waals surface area contributed by atoms with Gasteiger partial charge in [0.25, 0.3) is 0 Å². The molecular formula is C20H31Cl2N5O3. The fraction of sp³-hybridized carbons (Fsp3) is 0.550. The zero-order valence-corrected chi connectivity index (χ0v) is 19.2. The number of hydrogen-bond donors (Lipinski definition) is 1. The summed E-state index contributed by atoms with van der Waals surface area (Å²) in [5.41, 5.74) is 8.18. The van der Waals surface area contributed by atoms with E-state index >= 15 is 0 Å². The first-order valence-corrected chi connectivity index (χ1v) is 9.75. The molecule has 1 aliphatic heterocycles. The molecule has 0 saturated carbocycles. The summed E-state index contributed by atoms with van der Waals surface area (Å²) in [5, 5.41) is 3.99. The molecule has 10 heteroatoms. The Labute approximate surface area is 189 Å². The van der Waals surface area contributed by atoms with Crippen LogP contribution in [0.1, 0.15) is 48.8 Å². The van der Waals surface area contributed by atoms with Gasteiger partial charge in [-0.1, -0.05) is 35.0 Å². The third-order valence-corrected chi connectivity index (χ3v) is 5.01. The first-order valence-electron chi connectivity index (χ1n) is 9.75. The van der Waals surface area contributed by atoms with Crippen molar-refractivity contribution in [2.45, 2.75) is 39.5 Å². The van der Waals surface area contributed by atoms with Crippen LogP contribution in [0.15, 0.2) is 28.8 Å². The molecule has 2 N–H and O–H groups in total. The molecule has 2 heterocycles. The number of amides is 1. The monoisotopic (exact) mass is 459 g/mol. The number of carbonyl (C=O) groups excluding carboxylic acids is 1. The van der Waals surface area contributed by atoms with Gasteiger partial charge in [-0.25, -0.2) is 0 Å². The van der Waals surface area contributed by atoms with Crippen LogP contribution in [0.2, 0.25) is 0 Å². The molecule has 0 bridgehead atoms. The summed E-state index contributed by atoms with van der Waals surface area (Å²) in [6.45, 7) is 9.77. The van der Waals surface area contributed by atoms with E-state index in [1.165, 1.54) is 0 Å². The van der Waals surface area contributed by atoms with Crippen molar-refractivity contribution < 1.29 is 14.1 Å². The molecule has 1 aliphatic rings. The second-order valence-electron chi connectivity index (χ2n) is 7.13. The normalized spacial score (nSPS) is 16.3. The lowest BCUT2D eigenvalue weighted by Crippen LogP contribution is -2.50. The van der Waals surface area contributed by atoms with Gasteiger partial charge >= 0.3 is 0 Å². The molecule has 0 spiro atoms. The van der Waals surface area contributed by atoms with Gasteiger partial charge < -0.3 is 19.9 Å². The third kappa shape index (κ3) is 6.65. The van der Waals surface area contributed by atoms with Gasteiger partial charge in [0.2, 0.25) is 11.8 Å². The average Bonchev–Trinajstić information content (AvgIpc) is 3.17. The highest BCUT2D eigenvalue weighted by atomic mass is 35.5. The van der Waals surface area contributed by atoms with Crippen LogP contribution in [-0.4, -0.2) is 58.6 Å². The number of aromatic nitrogens is 2. The van der Waals surface area contributed by atoms with Crippen LogP contribution in [0.4, 0.5) is 0 Å². The first kappa shape index (κ1) is 26.3. The van der Waals surface area contributed by atoms with E-state index in [2.05, 4.69) is 15.0 Å². The predicted octanol–water partition coefficient (Wildman–Crippen LogP) is 2.66. The summed E-state index contributed by atoms with van der Waals surface area (Å²) < 4.78 is 10.8. The topological polar surface area (TPSA) is 97.7 Å². The van der Waals surface area contributed by atoms with Crippen LogP contribution >= 0.6 is 24.8 Å². The van der Waals surface area contributed by atoms with Crippen molar-refractivity contribution in [3.63, 3.8) is 0 Å². The number of ether oxygens (including phenoxy) is 1. The number of halogens is 2. The Morgan fingerprint density at radius 1 is 1.20 bits per heavy atom. The molecular weight excluding hydrogens is 429 g/mol. The van der Waals surface area contributed by atoms with E-state index in [0.29, 0.717) is 38.0 Å². The highest BCUT2D eigenvalue weighted by Gasteiger charge is 2.27. The van der Waals surface area contributed by atoms with E-state index in [4.69, 9.17) is 15.0 Å². The van der Waals surface area contributed by atoms with E-state index in [-0.39, 0.29) is 36.8 Å². The van der Waals surface area contributed by atoms with Crippen LogP contribution in [0.5, 0.6) is 0 Å². The first-order chi connectivity index (χ1) is 13.5. The zero-order chi connectivity index (χ0) is 20.1. The molecule has 2 unspecified atom stereocenters. The molecule has 1 aromatic carbocycles. The van der Waals surface area contributed by atoms with E-state index < -0.39 is 6.04 Å². The summed E-state index contributed by atoms with van der Waals surface area (Å²) in [7, 11) is 0. The molecule has 2 aromatic rings. The maximum absolute atomic E-state index is 12.7. The highest BCUT2D eigenvalue weighted by molar-refractivity contribution is 5.85. The van der Waals surface area contributed by atoms with Crippen LogP contribution in [0, 0.1) is 6.92 Å². The Bertz CT molecular complexity index is 779. The number of hydrogen-bond acceptors (Lipinski definition) is 7. The minimum Gasteiger partial charge on any atom is -0.371 e. The zero-order valence-electron chi connectivity index (χ0n) is 17.6.